The van der Waals surface area contributed by atoms with E-state index in [0.29, 0.717) is 6.54 Å². The highest BCUT2D eigenvalue weighted by atomic mass is 16.2. The van der Waals surface area contributed by atoms with Gasteiger partial charge in [-0.25, -0.2) is 4.68 Å². The largest absolute Gasteiger partial charge is 0.304 e. The van der Waals surface area contributed by atoms with Crippen molar-refractivity contribution in [3.63, 3.8) is 0 Å². The van der Waals surface area contributed by atoms with E-state index < -0.39 is 0 Å². The van der Waals surface area contributed by atoms with E-state index in [4.69, 9.17) is 0 Å². The summed E-state index contributed by atoms with van der Waals surface area (Å²) in [7, 11) is 0. The van der Waals surface area contributed by atoms with E-state index in [-0.39, 0.29) is 23.2 Å². The Hall–Kier alpha value is -3.21. The Kier molecular flexibility index (Phi) is 4.13. The molecule has 0 saturated heterocycles. The number of para-hydroxylation sites is 1. The van der Waals surface area contributed by atoms with Gasteiger partial charge in [-0.2, -0.15) is 5.10 Å². The summed E-state index contributed by atoms with van der Waals surface area (Å²) in [5, 5.41) is 4.33. The zero-order valence-electron chi connectivity index (χ0n) is 14.5. The molecule has 0 fully saturated rings. The summed E-state index contributed by atoms with van der Waals surface area (Å²) in [6.07, 6.45) is 0.825. The lowest BCUT2D eigenvalue weighted by molar-refractivity contribution is 0.0974. The predicted molar refractivity (Wildman–Crippen MR) is 100 cm³/mol. The molecule has 5 heteroatoms. The molecule has 26 heavy (non-hydrogen) atoms. The number of anilines is 1. The Morgan fingerprint density at radius 3 is 2.58 bits per heavy atom. The van der Waals surface area contributed by atoms with Crippen LogP contribution < -0.4 is 10.5 Å². The zero-order valence-corrected chi connectivity index (χ0v) is 14.5. The summed E-state index contributed by atoms with van der Waals surface area (Å²) in [4.78, 5) is 27.0. The zero-order chi connectivity index (χ0) is 18.1. The maximum absolute atomic E-state index is 13.1. The van der Waals surface area contributed by atoms with Crippen LogP contribution in [0.5, 0.6) is 0 Å². The van der Waals surface area contributed by atoms with Gasteiger partial charge in [-0.15, -0.1) is 0 Å². The van der Waals surface area contributed by atoms with Gasteiger partial charge in [0, 0.05) is 17.8 Å². The van der Waals surface area contributed by atoms with E-state index in [1.54, 1.807) is 4.90 Å². The van der Waals surface area contributed by atoms with E-state index in [1.165, 1.54) is 16.8 Å². The van der Waals surface area contributed by atoms with Crippen LogP contribution in [0.2, 0.25) is 0 Å². The second-order valence-electron chi connectivity index (χ2n) is 6.56. The Bertz CT molecular complexity index is 1010. The standard InChI is InChI=1S/C21H19N3O2/c1-15-13-17-9-5-6-10-19(17)24(15)21(26)18-11-12-20(25)23(22-18)14-16-7-3-2-4-8-16/h2-12,15H,13-14H2,1H3/t15-/m0/s1. The van der Waals surface area contributed by atoms with Crippen LogP contribution in [-0.4, -0.2) is 21.7 Å². The Balaban J connectivity index is 1.67. The summed E-state index contributed by atoms with van der Waals surface area (Å²) in [5.74, 6) is -0.177. The average molecular weight is 345 g/mol. The van der Waals surface area contributed by atoms with Crippen molar-refractivity contribution in [1.82, 2.24) is 9.78 Å². The van der Waals surface area contributed by atoms with Crippen molar-refractivity contribution in [1.29, 1.82) is 0 Å². The van der Waals surface area contributed by atoms with Crippen LogP contribution >= 0.6 is 0 Å². The van der Waals surface area contributed by atoms with E-state index in [0.717, 1.165) is 23.2 Å². The minimum absolute atomic E-state index is 0.0659. The number of hydrogen-bond donors (Lipinski definition) is 0. The molecule has 1 atom stereocenters. The summed E-state index contributed by atoms with van der Waals surface area (Å²) in [6.45, 7) is 2.37. The van der Waals surface area contributed by atoms with Crippen LogP contribution in [-0.2, 0) is 13.0 Å². The third-order valence-corrected chi connectivity index (χ3v) is 4.69. The summed E-state index contributed by atoms with van der Waals surface area (Å²) >= 11 is 0. The highest BCUT2D eigenvalue weighted by Crippen LogP contribution is 2.32. The second kappa shape index (κ2) is 6.59. The number of hydrogen-bond acceptors (Lipinski definition) is 3. The fraction of sp³-hybridized carbons (Fsp3) is 0.190. The van der Waals surface area contributed by atoms with E-state index in [9.17, 15) is 9.59 Å². The number of nitrogens with zero attached hydrogens (tertiary/aromatic N) is 3. The van der Waals surface area contributed by atoms with E-state index >= 15 is 0 Å². The van der Waals surface area contributed by atoms with Crippen molar-refractivity contribution in [3.05, 3.63) is 93.9 Å². The smallest absolute Gasteiger partial charge is 0.278 e. The third kappa shape index (κ3) is 2.92. The van der Waals surface area contributed by atoms with Gasteiger partial charge in [0.1, 0.15) is 5.69 Å². The molecule has 3 aromatic rings. The first kappa shape index (κ1) is 16.3. The van der Waals surface area contributed by atoms with Crippen molar-refractivity contribution in [2.75, 3.05) is 4.90 Å². The van der Waals surface area contributed by atoms with Gasteiger partial charge in [0.15, 0.2) is 0 Å². The van der Waals surface area contributed by atoms with Gasteiger partial charge < -0.3 is 4.90 Å². The van der Waals surface area contributed by atoms with Gasteiger partial charge >= 0.3 is 0 Å². The molecule has 0 aliphatic carbocycles. The molecule has 1 aliphatic rings. The molecule has 0 unspecified atom stereocenters. The number of rotatable bonds is 3. The Morgan fingerprint density at radius 1 is 1.04 bits per heavy atom. The molecule has 2 heterocycles. The number of fused-ring (bicyclic) bond motifs is 1. The van der Waals surface area contributed by atoms with Crippen molar-refractivity contribution >= 4 is 11.6 Å². The minimum atomic E-state index is -0.222. The molecule has 4 rings (SSSR count). The van der Waals surface area contributed by atoms with Crippen molar-refractivity contribution < 1.29 is 4.79 Å². The molecule has 2 aromatic carbocycles. The Labute approximate surface area is 151 Å². The average Bonchev–Trinajstić information content (AvgIpc) is 2.99. The maximum atomic E-state index is 13.1. The van der Waals surface area contributed by atoms with Crippen LogP contribution in [0.1, 0.15) is 28.5 Å². The topological polar surface area (TPSA) is 55.2 Å². The van der Waals surface area contributed by atoms with Crippen LogP contribution in [0.3, 0.4) is 0 Å². The van der Waals surface area contributed by atoms with E-state index in [2.05, 4.69) is 5.10 Å². The molecule has 0 saturated carbocycles. The van der Waals surface area contributed by atoms with Crippen LogP contribution in [0.4, 0.5) is 5.69 Å². The van der Waals surface area contributed by atoms with Gasteiger partial charge in [0.25, 0.3) is 11.5 Å². The molecular formula is C21H19N3O2. The van der Waals surface area contributed by atoms with Crippen molar-refractivity contribution in [2.45, 2.75) is 25.9 Å². The van der Waals surface area contributed by atoms with Gasteiger partial charge in [0.2, 0.25) is 0 Å². The van der Waals surface area contributed by atoms with Crippen LogP contribution in [0.25, 0.3) is 0 Å². The van der Waals surface area contributed by atoms with Gasteiger partial charge in [-0.1, -0.05) is 48.5 Å². The molecule has 0 spiro atoms. The first-order valence-electron chi connectivity index (χ1n) is 8.67. The number of amides is 1. The van der Waals surface area contributed by atoms with Crippen molar-refractivity contribution in [3.8, 4) is 0 Å². The maximum Gasteiger partial charge on any atom is 0.278 e. The second-order valence-corrected chi connectivity index (χ2v) is 6.56. The SMILES string of the molecule is C[C@H]1Cc2ccccc2N1C(=O)c1ccc(=O)n(Cc2ccccc2)n1. The molecule has 5 nitrogen and oxygen atoms in total. The fourth-order valence-corrected chi connectivity index (χ4v) is 3.43. The molecule has 0 radical (unpaired) electrons. The number of carbonyl (C=O) groups is 1. The molecule has 1 aromatic heterocycles. The molecule has 0 bridgehead atoms. The highest BCUT2D eigenvalue weighted by molar-refractivity contribution is 6.06. The number of carbonyl (C=O) groups excluding carboxylic acids is 1. The molecule has 1 aliphatic heterocycles. The first-order valence-corrected chi connectivity index (χ1v) is 8.67. The fourth-order valence-electron chi connectivity index (χ4n) is 3.43. The molecule has 0 N–H and O–H groups in total. The minimum Gasteiger partial charge on any atom is -0.304 e. The summed E-state index contributed by atoms with van der Waals surface area (Å²) in [6, 6.07) is 20.5. The molecular weight excluding hydrogens is 326 g/mol. The third-order valence-electron chi connectivity index (χ3n) is 4.69. The molecule has 130 valence electrons. The summed E-state index contributed by atoms with van der Waals surface area (Å²) in [5.41, 5.74) is 3.11. The monoisotopic (exact) mass is 345 g/mol. The number of benzene rings is 2. The Morgan fingerprint density at radius 2 is 1.77 bits per heavy atom. The lowest BCUT2D eigenvalue weighted by Crippen LogP contribution is -2.37. The van der Waals surface area contributed by atoms with E-state index in [1.807, 2.05) is 61.5 Å². The number of aromatic nitrogens is 2. The molecule has 1 amide bonds. The quantitative estimate of drug-likeness (QED) is 0.733. The van der Waals surface area contributed by atoms with Crippen LogP contribution in [0.15, 0.2) is 71.5 Å². The summed E-state index contributed by atoms with van der Waals surface area (Å²) < 4.78 is 1.34. The normalized spacial score (nSPS) is 15.7. The van der Waals surface area contributed by atoms with Crippen molar-refractivity contribution in [2.24, 2.45) is 0 Å². The van der Waals surface area contributed by atoms with Gasteiger partial charge in [-0.05, 0) is 36.6 Å². The highest BCUT2D eigenvalue weighted by Gasteiger charge is 2.32. The predicted octanol–water partition coefficient (Wildman–Crippen LogP) is 2.88. The first-order chi connectivity index (χ1) is 12.6. The van der Waals surface area contributed by atoms with Gasteiger partial charge in [-0.3, -0.25) is 9.59 Å². The lowest BCUT2D eigenvalue weighted by Gasteiger charge is -2.22. The van der Waals surface area contributed by atoms with Crippen LogP contribution in [0, 0.1) is 0 Å². The lowest BCUT2D eigenvalue weighted by atomic mass is 10.1. The van der Waals surface area contributed by atoms with Gasteiger partial charge in [0.05, 0.1) is 6.54 Å².